The van der Waals surface area contributed by atoms with Crippen molar-refractivity contribution in [3.05, 3.63) is 108 Å². The largest absolute Gasteiger partial charge is 0.497 e. The molecule has 2 aliphatic rings. The first-order chi connectivity index (χ1) is 31.4. The van der Waals surface area contributed by atoms with Crippen molar-refractivity contribution in [1.82, 2.24) is 34.9 Å². The number of nitrogens with zero attached hydrogens (tertiary/aromatic N) is 8. The fourth-order valence-corrected chi connectivity index (χ4v) is 7.07. The Balaban J connectivity index is 0.000000247. The summed E-state index contributed by atoms with van der Waals surface area (Å²) in [6.45, 7) is 12.0. The van der Waals surface area contributed by atoms with Crippen LogP contribution in [0.25, 0.3) is 0 Å². The molecule has 2 aromatic carbocycles. The zero-order valence-electron chi connectivity index (χ0n) is 37.3. The number of piperazine rings is 2. The van der Waals surface area contributed by atoms with Gasteiger partial charge in [0.1, 0.15) is 11.5 Å². The maximum absolute atomic E-state index is 13.5. The van der Waals surface area contributed by atoms with Crippen LogP contribution in [-0.2, 0) is 17.9 Å². The number of carbonyl (C=O) groups is 5. The second-order valence-corrected chi connectivity index (χ2v) is 15.1. The summed E-state index contributed by atoms with van der Waals surface area (Å²) in [6, 6.07) is 20.9. The van der Waals surface area contributed by atoms with E-state index in [-0.39, 0.29) is 36.5 Å². The van der Waals surface area contributed by atoms with Crippen LogP contribution in [0.4, 0.5) is 29.7 Å². The maximum Gasteiger partial charge on any atom is 0.324 e. The number of aromatic nitrogens is 2. The Labute approximate surface area is 378 Å². The summed E-state index contributed by atoms with van der Waals surface area (Å²) in [6.07, 6.45) is -0.362. The molecule has 2 aromatic heterocycles. The Bertz CT molecular complexity index is 2170. The number of hydrogen-bond acceptors (Lipinski definition) is 12. The quantitative estimate of drug-likeness (QED) is 0.151. The van der Waals surface area contributed by atoms with E-state index in [1.165, 1.54) is 18.5 Å². The Morgan fingerprint density at radius 2 is 1.03 bits per heavy atom. The molecule has 4 heterocycles. The first-order valence-electron chi connectivity index (χ1n) is 21.5. The third-order valence-corrected chi connectivity index (χ3v) is 11.2. The highest BCUT2D eigenvalue weighted by Crippen LogP contribution is 2.25. The molecule has 19 heteroatoms. The summed E-state index contributed by atoms with van der Waals surface area (Å²) in [7, 11) is 3.18. The molecule has 6 rings (SSSR count). The molecule has 2 aliphatic heterocycles. The second-order valence-electron chi connectivity index (χ2n) is 15.1. The Hall–Kier alpha value is -6.57. The zero-order valence-corrected chi connectivity index (χ0v) is 37.3. The summed E-state index contributed by atoms with van der Waals surface area (Å²) in [5.74, 6) is -0.819. The van der Waals surface area contributed by atoms with E-state index in [1.54, 1.807) is 71.4 Å². The fraction of sp³-hybridized carbons (Fsp3) is 0.413. The van der Waals surface area contributed by atoms with Crippen molar-refractivity contribution >= 4 is 40.9 Å². The molecule has 0 bridgehead atoms. The van der Waals surface area contributed by atoms with Gasteiger partial charge in [0.25, 0.3) is 5.91 Å². The van der Waals surface area contributed by atoms with E-state index in [0.29, 0.717) is 61.1 Å². The highest BCUT2D eigenvalue weighted by molar-refractivity contribution is 5.99. The van der Waals surface area contributed by atoms with Crippen molar-refractivity contribution < 1.29 is 42.2 Å². The molecule has 0 radical (unpaired) electrons. The molecule has 0 atom stereocenters. The third-order valence-electron chi connectivity index (χ3n) is 11.2. The first-order valence-corrected chi connectivity index (χ1v) is 21.5. The molecule has 0 spiro atoms. The fourth-order valence-electron chi connectivity index (χ4n) is 7.07. The molecular formula is C46H58F2N10O7. The van der Waals surface area contributed by atoms with Crippen LogP contribution in [0, 0.1) is 0 Å². The molecule has 17 nitrogen and oxygen atoms in total. The van der Waals surface area contributed by atoms with Gasteiger partial charge in [-0.1, -0.05) is 13.8 Å². The number of nitrogens with one attached hydrogen (secondary N) is 1. The average Bonchev–Trinajstić information content (AvgIpc) is 3.36. The number of halogens is 2. The number of hydrogen-bond donors (Lipinski definition) is 2. The number of ketones is 2. The molecule has 0 saturated carbocycles. The van der Waals surface area contributed by atoms with Crippen LogP contribution in [-0.4, -0.2) is 158 Å². The number of rotatable bonds is 16. The van der Waals surface area contributed by atoms with E-state index in [4.69, 9.17) is 15.2 Å². The first kappa shape index (κ1) is 49.4. The summed E-state index contributed by atoms with van der Waals surface area (Å²) in [5.41, 5.74) is 8.72. The van der Waals surface area contributed by atoms with Gasteiger partial charge < -0.3 is 40.1 Å². The van der Waals surface area contributed by atoms with Crippen molar-refractivity contribution in [2.75, 3.05) is 103 Å². The van der Waals surface area contributed by atoms with Crippen molar-refractivity contribution in [2.24, 2.45) is 5.73 Å². The van der Waals surface area contributed by atoms with E-state index >= 15 is 0 Å². The minimum Gasteiger partial charge on any atom is -0.497 e. The van der Waals surface area contributed by atoms with Crippen molar-refractivity contribution in [1.29, 1.82) is 0 Å². The van der Waals surface area contributed by atoms with E-state index in [2.05, 4.69) is 33.6 Å². The van der Waals surface area contributed by atoms with Gasteiger partial charge in [-0.05, 0) is 85.9 Å². The van der Waals surface area contributed by atoms with Gasteiger partial charge in [0.05, 0.1) is 51.8 Å². The van der Waals surface area contributed by atoms with Gasteiger partial charge in [0.15, 0.2) is 11.6 Å². The SMILES string of the molecule is CCN1CCN(C(=O)N(Cc2ccc(C(=O)CN)cn2)c2ccc(OC)cc2)CC1.CCN1CCN(C(=O)N(Cc2ccc(C(=O)CNC(=O)C(F)F)cn2)c2ccc(OC)cc2)CC1. The topological polar surface area (TPSA) is 187 Å². The van der Waals surface area contributed by atoms with Gasteiger partial charge in [0, 0.05) is 87.3 Å². The number of likely N-dealkylation sites (N-methyl/N-ethyl adjacent to an activating group) is 2. The lowest BCUT2D eigenvalue weighted by molar-refractivity contribution is -0.131. The maximum atomic E-state index is 13.5. The molecule has 348 valence electrons. The summed E-state index contributed by atoms with van der Waals surface area (Å²) >= 11 is 0. The highest BCUT2D eigenvalue weighted by Gasteiger charge is 2.28. The van der Waals surface area contributed by atoms with Gasteiger partial charge >= 0.3 is 18.5 Å². The molecule has 2 saturated heterocycles. The summed E-state index contributed by atoms with van der Waals surface area (Å²) < 4.78 is 35.0. The Morgan fingerprint density at radius 3 is 1.35 bits per heavy atom. The number of alkyl halides is 2. The summed E-state index contributed by atoms with van der Waals surface area (Å²) in [5, 5.41) is 1.88. The van der Waals surface area contributed by atoms with Gasteiger partial charge in [-0.2, -0.15) is 8.78 Å². The number of anilines is 2. The van der Waals surface area contributed by atoms with Crippen LogP contribution in [0.2, 0.25) is 0 Å². The minimum absolute atomic E-state index is 0.0543. The van der Waals surface area contributed by atoms with Crippen molar-refractivity contribution in [3.63, 3.8) is 0 Å². The number of methoxy groups -OCH3 is 2. The number of nitrogens with two attached hydrogens (primary N) is 1. The van der Waals surface area contributed by atoms with Gasteiger partial charge in [-0.3, -0.25) is 34.2 Å². The van der Waals surface area contributed by atoms with E-state index in [1.807, 2.05) is 34.5 Å². The van der Waals surface area contributed by atoms with E-state index < -0.39 is 24.7 Å². The Kier molecular flexibility index (Phi) is 18.6. The van der Waals surface area contributed by atoms with Crippen LogP contribution in [0.1, 0.15) is 46.0 Å². The van der Waals surface area contributed by atoms with Crippen molar-refractivity contribution in [2.45, 2.75) is 33.4 Å². The van der Waals surface area contributed by atoms with E-state index in [0.717, 1.165) is 50.7 Å². The lowest BCUT2D eigenvalue weighted by Crippen LogP contribution is -2.52. The molecule has 5 amide bonds. The van der Waals surface area contributed by atoms with Crippen LogP contribution < -0.4 is 30.3 Å². The standard InChI is InChI=1S/C24H29F2N5O4.C22H29N5O3/c1-3-29-10-12-30(13-11-29)24(34)31(19-6-8-20(35-2)9-7-19)16-18-5-4-17(14-27-18)21(32)15-28-23(33)22(25)26;1-3-25-10-12-26(13-11-25)22(29)27(19-6-8-20(30-2)9-7-19)16-18-5-4-17(15-24-18)21(28)14-23/h4-9,14,22H,3,10-13,15-16H2,1-2H3,(H,28,33);4-9,15H,3,10-14,16,23H2,1-2H3. The molecule has 4 aromatic rings. The lowest BCUT2D eigenvalue weighted by atomic mass is 10.1. The monoisotopic (exact) mass is 900 g/mol. The normalized spacial score (nSPS) is 14.2. The zero-order chi connectivity index (χ0) is 46.9. The number of benzene rings is 2. The molecule has 0 unspecified atom stereocenters. The number of ether oxygens (including phenoxy) is 2. The third kappa shape index (κ3) is 14.0. The number of Topliss-reactive ketones (excluding diaryl/α,β-unsaturated/α-hetero) is 2. The lowest BCUT2D eigenvalue weighted by Gasteiger charge is -2.37. The highest BCUT2D eigenvalue weighted by atomic mass is 19.3. The van der Waals surface area contributed by atoms with Crippen molar-refractivity contribution in [3.8, 4) is 11.5 Å². The number of amides is 5. The van der Waals surface area contributed by atoms with Gasteiger partial charge in [-0.15, -0.1) is 0 Å². The van der Waals surface area contributed by atoms with Gasteiger partial charge in [0.2, 0.25) is 0 Å². The minimum atomic E-state index is -3.19. The Morgan fingerprint density at radius 1 is 0.631 bits per heavy atom. The number of urea groups is 2. The van der Waals surface area contributed by atoms with Crippen LogP contribution in [0.15, 0.2) is 85.2 Å². The average molecular weight is 901 g/mol. The molecular weight excluding hydrogens is 843 g/mol. The van der Waals surface area contributed by atoms with Crippen LogP contribution in [0.3, 0.4) is 0 Å². The second kappa shape index (κ2) is 24.5. The predicted molar refractivity (Wildman–Crippen MR) is 242 cm³/mol. The molecule has 2 fully saturated rings. The number of pyridine rings is 2. The molecule has 0 aliphatic carbocycles. The van der Waals surface area contributed by atoms with E-state index in [9.17, 15) is 32.8 Å². The number of carbonyl (C=O) groups excluding carboxylic acids is 5. The predicted octanol–water partition coefficient (Wildman–Crippen LogP) is 4.41. The molecule has 65 heavy (non-hydrogen) atoms. The van der Waals surface area contributed by atoms with Gasteiger partial charge in [-0.25, -0.2) is 9.59 Å². The van der Waals surface area contributed by atoms with Crippen LogP contribution in [0.5, 0.6) is 11.5 Å². The molecule has 3 N–H and O–H groups in total. The van der Waals surface area contributed by atoms with Crippen LogP contribution >= 0.6 is 0 Å². The summed E-state index contributed by atoms with van der Waals surface area (Å²) in [4.78, 5) is 82.0. The smallest absolute Gasteiger partial charge is 0.324 e.